The van der Waals surface area contributed by atoms with Crippen LogP contribution >= 0.6 is 0 Å². The molecule has 3 rings (SSSR count). The molecule has 1 aliphatic carbocycles. The molecule has 1 heterocycles. The molecule has 1 aromatic carbocycles. The van der Waals surface area contributed by atoms with E-state index in [2.05, 4.69) is 30.4 Å². The van der Waals surface area contributed by atoms with Crippen LogP contribution in [0, 0.1) is 6.92 Å². The van der Waals surface area contributed by atoms with Crippen LogP contribution in [0.3, 0.4) is 0 Å². The van der Waals surface area contributed by atoms with E-state index in [0.717, 1.165) is 12.3 Å². The summed E-state index contributed by atoms with van der Waals surface area (Å²) >= 11 is 0. The van der Waals surface area contributed by atoms with E-state index in [1.165, 1.54) is 30.5 Å². The maximum absolute atomic E-state index is 6.07. The largest absolute Gasteiger partial charge is 0.483 e. The summed E-state index contributed by atoms with van der Waals surface area (Å²) in [6.07, 6.45) is 3.71. The molecule has 1 N–H and O–H groups in total. The summed E-state index contributed by atoms with van der Waals surface area (Å²) < 4.78 is 6.07. The number of aryl methyl sites for hydroxylation is 1. The molecule has 2 heteroatoms. The first-order valence-electron chi connectivity index (χ1n) is 5.32. The minimum Gasteiger partial charge on any atom is -0.483 e. The van der Waals surface area contributed by atoms with Crippen LogP contribution in [0.5, 0.6) is 5.75 Å². The van der Waals surface area contributed by atoms with E-state index >= 15 is 0 Å². The molecule has 0 unspecified atom stereocenters. The highest BCUT2D eigenvalue weighted by molar-refractivity contribution is 5.63. The molecule has 2 nitrogen and oxygen atoms in total. The van der Waals surface area contributed by atoms with E-state index < -0.39 is 0 Å². The SMILES string of the molecule is Cc1cccc2c1NCC1(CCC1)O2. The van der Waals surface area contributed by atoms with E-state index in [4.69, 9.17) is 4.74 Å². The first-order valence-corrected chi connectivity index (χ1v) is 5.32. The maximum atomic E-state index is 6.07. The molecule has 0 atom stereocenters. The van der Waals surface area contributed by atoms with Gasteiger partial charge in [-0.1, -0.05) is 12.1 Å². The third kappa shape index (κ3) is 1.03. The summed E-state index contributed by atoms with van der Waals surface area (Å²) in [7, 11) is 0. The van der Waals surface area contributed by atoms with Crippen LogP contribution in [0.15, 0.2) is 18.2 Å². The summed E-state index contributed by atoms with van der Waals surface area (Å²) in [5, 5.41) is 3.50. The number of ether oxygens (including phenoxy) is 1. The second-order valence-electron chi connectivity index (χ2n) is 4.44. The van der Waals surface area contributed by atoms with Crippen LogP contribution in [-0.4, -0.2) is 12.1 Å². The molecule has 14 heavy (non-hydrogen) atoms. The molecule has 1 aromatic rings. The highest BCUT2D eigenvalue weighted by Crippen LogP contribution is 2.43. The van der Waals surface area contributed by atoms with E-state index in [9.17, 15) is 0 Å². The number of nitrogens with one attached hydrogen (secondary N) is 1. The van der Waals surface area contributed by atoms with Crippen molar-refractivity contribution in [2.24, 2.45) is 0 Å². The van der Waals surface area contributed by atoms with Gasteiger partial charge in [0.25, 0.3) is 0 Å². The van der Waals surface area contributed by atoms with Gasteiger partial charge in [-0.3, -0.25) is 0 Å². The van der Waals surface area contributed by atoms with Crippen molar-refractivity contribution in [3.8, 4) is 5.75 Å². The number of benzene rings is 1. The van der Waals surface area contributed by atoms with Gasteiger partial charge in [0.2, 0.25) is 0 Å². The average molecular weight is 189 g/mol. The van der Waals surface area contributed by atoms with Crippen molar-refractivity contribution in [3.63, 3.8) is 0 Å². The van der Waals surface area contributed by atoms with Crippen molar-refractivity contribution in [2.45, 2.75) is 31.8 Å². The quantitative estimate of drug-likeness (QED) is 0.677. The van der Waals surface area contributed by atoms with Gasteiger partial charge in [0, 0.05) is 0 Å². The zero-order valence-corrected chi connectivity index (χ0v) is 8.47. The predicted molar refractivity (Wildman–Crippen MR) is 56.9 cm³/mol. The van der Waals surface area contributed by atoms with Gasteiger partial charge in [-0.25, -0.2) is 0 Å². The summed E-state index contributed by atoms with van der Waals surface area (Å²) in [6, 6.07) is 6.25. The second kappa shape index (κ2) is 2.66. The van der Waals surface area contributed by atoms with Crippen molar-refractivity contribution < 1.29 is 4.74 Å². The molecular weight excluding hydrogens is 174 g/mol. The lowest BCUT2D eigenvalue weighted by Crippen LogP contribution is -2.51. The molecule has 0 radical (unpaired) electrons. The van der Waals surface area contributed by atoms with Crippen LogP contribution < -0.4 is 10.1 Å². The molecule has 74 valence electrons. The fraction of sp³-hybridized carbons (Fsp3) is 0.500. The zero-order chi connectivity index (χ0) is 9.60. The molecule has 1 spiro atoms. The first kappa shape index (κ1) is 8.16. The van der Waals surface area contributed by atoms with E-state index in [0.29, 0.717) is 0 Å². The summed E-state index contributed by atoms with van der Waals surface area (Å²) in [5.41, 5.74) is 2.59. The van der Waals surface area contributed by atoms with Crippen LogP contribution in [0.25, 0.3) is 0 Å². The van der Waals surface area contributed by atoms with Gasteiger partial charge >= 0.3 is 0 Å². The Morgan fingerprint density at radius 2 is 2.21 bits per heavy atom. The lowest BCUT2D eigenvalue weighted by molar-refractivity contribution is 0.000133. The standard InChI is InChI=1S/C12H15NO/c1-9-4-2-5-10-11(9)13-8-12(14-10)6-3-7-12/h2,4-5,13H,3,6-8H2,1H3. The van der Waals surface area contributed by atoms with Crippen LogP contribution in [0.4, 0.5) is 5.69 Å². The highest BCUT2D eigenvalue weighted by Gasteiger charge is 2.42. The van der Waals surface area contributed by atoms with E-state index in [1.807, 2.05) is 0 Å². The molecule has 0 aromatic heterocycles. The molecule has 0 bridgehead atoms. The molecule has 0 amide bonds. The van der Waals surface area contributed by atoms with Gasteiger partial charge in [-0.05, 0) is 37.8 Å². The second-order valence-corrected chi connectivity index (χ2v) is 4.44. The average Bonchev–Trinajstić information content (AvgIpc) is 2.15. The number of hydrogen-bond acceptors (Lipinski definition) is 2. The van der Waals surface area contributed by atoms with E-state index in [-0.39, 0.29) is 5.60 Å². The van der Waals surface area contributed by atoms with Gasteiger partial charge in [0.1, 0.15) is 11.4 Å². The Bertz CT molecular complexity index is 369. The van der Waals surface area contributed by atoms with Crippen LogP contribution in [-0.2, 0) is 0 Å². The molecule has 1 aliphatic heterocycles. The summed E-state index contributed by atoms with van der Waals surface area (Å²) in [6.45, 7) is 3.10. The maximum Gasteiger partial charge on any atom is 0.143 e. The Kier molecular flexibility index (Phi) is 1.55. The predicted octanol–water partition coefficient (Wildman–Crippen LogP) is 2.72. The molecule has 1 fully saturated rings. The number of fused-ring (bicyclic) bond motifs is 1. The Hall–Kier alpha value is -1.18. The monoisotopic (exact) mass is 189 g/mol. The molecule has 2 aliphatic rings. The molecular formula is C12H15NO. The van der Waals surface area contributed by atoms with Crippen molar-refractivity contribution in [3.05, 3.63) is 23.8 Å². The summed E-state index contributed by atoms with van der Waals surface area (Å²) in [5.74, 6) is 1.04. The zero-order valence-electron chi connectivity index (χ0n) is 8.47. The Morgan fingerprint density at radius 1 is 1.36 bits per heavy atom. The number of rotatable bonds is 0. The first-order chi connectivity index (χ1) is 6.79. The minimum absolute atomic E-state index is 0.126. The van der Waals surface area contributed by atoms with Crippen molar-refractivity contribution in [1.29, 1.82) is 0 Å². The Morgan fingerprint density at radius 3 is 2.93 bits per heavy atom. The number of para-hydroxylation sites is 1. The normalized spacial score (nSPS) is 21.8. The highest BCUT2D eigenvalue weighted by atomic mass is 16.5. The van der Waals surface area contributed by atoms with Gasteiger partial charge in [-0.15, -0.1) is 0 Å². The van der Waals surface area contributed by atoms with Crippen molar-refractivity contribution in [2.75, 3.05) is 11.9 Å². The molecule has 1 saturated carbocycles. The number of anilines is 1. The van der Waals surface area contributed by atoms with Crippen molar-refractivity contribution >= 4 is 5.69 Å². The van der Waals surface area contributed by atoms with Gasteiger partial charge in [0.05, 0.1) is 12.2 Å². The van der Waals surface area contributed by atoms with E-state index in [1.54, 1.807) is 0 Å². The fourth-order valence-corrected chi connectivity index (χ4v) is 2.32. The van der Waals surface area contributed by atoms with Gasteiger partial charge in [-0.2, -0.15) is 0 Å². The topological polar surface area (TPSA) is 21.3 Å². The smallest absolute Gasteiger partial charge is 0.143 e. The van der Waals surface area contributed by atoms with Gasteiger partial charge < -0.3 is 10.1 Å². The third-order valence-corrected chi connectivity index (χ3v) is 3.41. The third-order valence-electron chi connectivity index (χ3n) is 3.41. The Labute approximate surface area is 84.3 Å². The minimum atomic E-state index is 0.126. The molecule has 0 saturated heterocycles. The van der Waals surface area contributed by atoms with Crippen LogP contribution in [0.1, 0.15) is 24.8 Å². The van der Waals surface area contributed by atoms with Gasteiger partial charge in [0.15, 0.2) is 0 Å². The number of hydrogen-bond donors (Lipinski definition) is 1. The lowest BCUT2D eigenvalue weighted by Gasteiger charge is -2.45. The van der Waals surface area contributed by atoms with Crippen molar-refractivity contribution in [1.82, 2.24) is 0 Å². The lowest BCUT2D eigenvalue weighted by atomic mass is 9.79. The van der Waals surface area contributed by atoms with Crippen LogP contribution in [0.2, 0.25) is 0 Å². The Balaban J connectivity index is 1.98. The fourth-order valence-electron chi connectivity index (χ4n) is 2.32. The summed E-state index contributed by atoms with van der Waals surface area (Å²) in [4.78, 5) is 0.